The molecule has 1 aromatic carbocycles. The highest BCUT2D eigenvalue weighted by Gasteiger charge is 2.27. The average molecular weight is 245 g/mol. The lowest BCUT2D eigenvalue weighted by Gasteiger charge is -2.18. The predicted octanol–water partition coefficient (Wildman–Crippen LogP) is 2.37. The zero-order chi connectivity index (χ0) is 12.7. The molecule has 1 aromatic heterocycles. The Bertz CT molecular complexity index is 615. The molecule has 0 saturated carbocycles. The van der Waals surface area contributed by atoms with Crippen LogP contribution in [0.4, 0.5) is 0 Å². The molecule has 0 amide bonds. The van der Waals surface area contributed by atoms with E-state index in [0.29, 0.717) is 12.8 Å². The molecule has 0 bridgehead atoms. The number of methoxy groups -OCH3 is 1. The molecular formula is C14H15NO3. The minimum atomic E-state index is -0.696. The number of nitrogens with one attached hydrogen (secondary N) is 1. The van der Waals surface area contributed by atoms with Crippen LogP contribution in [0.1, 0.15) is 17.7 Å². The number of rotatable bonds is 2. The first-order valence-corrected chi connectivity index (χ1v) is 6.10. The average Bonchev–Trinajstić information content (AvgIpc) is 2.76. The molecule has 1 unspecified atom stereocenters. The molecule has 0 radical (unpaired) electrons. The van der Waals surface area contributed by atoms with Crippen LogP contribution in [0, 0.1) is 5.92 Å². The number of para-hydroxylation sites is 1. The zero-order valence-corrected chi connectivity index (χ0v) is 10.2. The number of carboxylic acids is 1. The van der Waals surface area contributed by atoms with Crippen LogP contribution in [0.5, 0.6) is 5.75 Å². The topological polar surface area (TPSA) is 62.3 Å². The van der Waals surface area contributed by atoms with Gasteiger partial charge in [-0.2, -0.15) is 0 Å². The Hall–Kier alpha value is -1.97. The fourth-order valence-corrected chi connectivity index (χ4v) is 2.79. The fraction of sp³-hybridized carbons (Fsp3) is 0.357. The summed E-state index contributed by atoms with van der Waals surface area (Å²) in [7, 11) is 1.65. The Kier molecular flexibility index (Phi) is 2.51. The van der Waals surface area contributed by atoms with E-state index in [2.05, 4.69) is 4.98 Å². The second-order valence-electron chi connectivity index (χ2n) is 4.74. The van der Waals surface area contributed by atoms with Gasteiger partial charge in [0.05, 0.1) is 18.5 Å². The monoisotopic (exact) mass is 245 g/mol. The molecule has 18 heavy (non-hydrogen) atoms. The minimum absolute atomic E-state index is 0.261. The summed E-state index contributed by atoms with van der Waals surface area (Å²) in [5.74, 6) is -0.144. The Balaban J connectivity index is 2.14. The van der Waals surface area contributed by atoms with Crippen molar-refractivity contribution < 1.29 is 14.6 Å². The zero-order valence-electron chi connectivity index (χ0n) is 10.2. The van der Waals surface area contributed by atoms with Gasteiger partial charge in [0.1, 0.15) is 5.75 Å². The first kappa shape index (κ1) is 11.1. The summed E-state index contributed by atoms with van der Waals surface area (Å²) >= 11 is 0. The van der Waals surface area contributed by atoms with E-state index in [4.69, 9.17) is 9.84 Å². The van der Waals surface area contributed by atoms with E-state index < -0.39 is 5.97 Å². The number of ether oxygens (including phenoxy) is 1. The van der Waals surface area contributed by atoms with Gasteiger partial charge < -0.3 is 14.8 Å². The van der Waals surface area contributed by atoms with Crippen LogP contribution in [0.3, 0.4) is 0 Å². The highest BCUT2D eigenvalue weighted by Crippen LogP contribution is 2.35. The number of fused-ring (bicyclic) bond motifs is 3. The van der Waals surface area contributed by atoms with Crippen molar-refractivity contribution in [2.75, 3.05) is 7.11 Å². The van der Waals surface area contributed by atoms with Crippen LogP contribution in [-0.2, 0) is 17.6 Å². The SMILES string of the molecule is COc1cccc2c3c([nH]c12)CCC(C(=O)O)C3. The molecule has 1 heterocycles. The number of hydrogen-bond acceptors (Lipinski definition) is 2. The highest BCUT2D eigenvalue weighted by atomic mass is 16.5. The fourth-order valence-electron chi connectivity index (χ4n) is 2.79. The van der Waals surface area contributed by atoms with E-state index in [1.54, 1.807) is 7.11 Å². The third-order valence-corrected chi connectivity index (χ3v) is 3.75. The molecule has 2 aromatic rings. The summed E-state index contributed by atoms with van der Waals surface area (Å²) in [6, 6.07) is 5.88. The van der Waals surface area contributed by atoms with E-state index in [9.17, 15) is 4.79 Å². The Morgan fingerprint density at radius 1 is 1.50 bits per heavy atom. The van der Waals surface area contributed by atoms with Crippen molar-refractivity contribution in [3.63, 3.8) is 0 Å². The summed E-state index contributed by atoms with van der Waals surface area (Å²) in [6.45, 7) is 0. The summed E-state index contributed by atoms with van der Waals surface area (Å²) in [5.41, 5.74) is 3.28. The number of H-pyrrole nitrogens is 1. The lowest BCUT2D eigenvalue weighted by molar-refractivity contribution is -0.142. The third kappa shape index (κ3) is 1.56. The van der Waals surface area contributed by atoms with Gasteiger partial charge in [0.2, 0.25) is 0 Å². The van der Waals surface area contributed by atoms with Crippen LogP contribution in [0.15, 0.2) is 18.2 Å². The summed E-state index contributed by atoms with van der Waals surface area (Å²) < 4.78 is 5.33. The molecule has 1 aliphatic rings. The van der Waals surface area contributed by atoms with Crippen molar-refractivity contribution in [1.82, 2.24) is 4.98 Å². The molecule has 94 valence electrons. The number of aryl methyl sites for hydroxylation is 1. The van der Waals surface area contributed by atoms with Crippen molar-refractivity contribution in [2.45, 2.75) is 19.3 Å². The van der Waals surface area contributed by atoms with Crippen molar-refractivity contribution in [3.05, 3.63) is 29.5 Å². The molecule has 2 N–H and O–H groups in total. The molecular weight excluding hydrogens is 230 g/mol. The normalized spacial score (nSPS) is 18.6. The van der Waals surface area contributed by atoms with Gasteiger partial charge >= 0.3 is 5.97 Å². The standard InChI is InChI=1S/C14H15NO3/c1-18-12-4-2-3-9-10-7-8(14(16)17)5-6-11(10)15-13(9)12/h2-4,8,15H,5-7H2,1H3,(H,16,17). The van der Waals surface area contributed by atoms with E-state index in [-0.39, 0.29) is 5.92 Å². The number of aromatic amines is 1. The first-order chi connectivity index (χ1) is 8.70. The summed E-state index contributed by atoms with van der Waals surface area (Å²) in [5, 5.41) is 10.2. The van der Waals surface area contributed by atoms with Gasteiger partial charge in [0.15, 0.2) is 0 Å². The number of carboxylic acid groups (broad SMARTS) is 1. The van der Waals surface area contributed by atoms with Gasteiger partial charge in [-0.15, -0.1) is 0 Å². The maximum atomic E-state index is 11.1. The second-order valence-corrected chi connectivity index (χ2v) is 4.74. The van der Waals surface area contributed by atoms with E-state index >= 15 is 0 Å². The van der Waals surface area contributed by atoms with Gasteiger partial charge in [-0.05, 0) is 30.9 Å². The first-order valence-electron chi connectivity index (χ1n) is 6.10. The molecule has 0 fully saturated rings. The lowest BCUT2D eigenvalue weighted by atomic mass is 9.86. The molecule has 0 saturated heterocycles. The third-order valence-electron chi connectivity index (χ3n) is 3.75. The van der Waals surface area contributed by atoms with E-state index in [1.807, 2.05) is 18.2 Å². The molecule has 4 nitrogen and oxygen atoms in total. The molecule has 0 spiro atoms. The number of hydrogen-bond donors (Lipinski definition) is 2. The Morgan fingerprint density at radius 3 is 3.06 bits per heavy atom. The number of benzene rings is 1. The van der Waals surface area contributed by atoms with Gasteiger partial charge in [-0.1, -0.05) is 12.1 Å². The molecule has 0 aliphatic heterocycles. The van der Waals surface area contributed by atoms with Crippen LogP contribution in [-0.4, -0.2) is 23.2 Å². The van der Waals surface area contributed by atoms with Crippen LogP contribution in [0.2, 0.25) is 0 Å². The van der Waals surface area contributed by atoms with Crippen LogP contribution in [0.25, 0.3) is 10.9 Å². The molecule has 3 rings (SSSR count). The summed E-state index contributed by atoms with van der Waals surface area (Å²) in [4.78, 5) is 14.5. The van der Waals surface area contributed by atoms with Crippen molar-refractivity contribution in [1.29, 1.82) is 0 Å². The van der Waals surface area contributed by atoms with Crippen LogP contribution < -0.4 is 4.74 Å². The smallest absolute Gasteiger partial charge is 0.306 e. The van der Waals surface area contributed by atoms with Gasteiger partial charge in [0.25, 0.3) is 0 Å². The molecule has 1 aliphatic carbocycles. The van der Waals surface area contributed by atoms with Crippen LogP contribution >= 0.6 is 0 Å². The largest absolute Gasteiger partial charge is 0.495 e. The molecule has 1 atom stereocenters. The maximum absolute atomic E-state index is 11.1. The van der Waals surface area contributed by atoms with Gasteiger partial charge in [0, 0.05) is 11.1 Å². The maximum Gasteiger partial charge on any atom is 0.306 e. The van der Waals surface area contributed by atoms with E-state index in [1.165, 1.54) is 0 Å². The lowest BCUT2D eigenvalue weighted by Crippen LogP contribution is -2.21. The van der Waals surface area contributed by atoms with Gasteiger partial charge in [-0.3, -0.25) is 4.79 Å². The Morgan fingerprint density at radius 2 is 2.33 bits per heavy atom. The van der Waals surface area contributed by atoms with Crippen molar-refractivity contribution >= 4 is 16.9 Å². The quantitative estimate of drug-likeness (QED) is 0.853. The van der Waals surface area contributed by atoms with Crippen molar-refractivity contribution in [3.8, 4) is 5.75 Å². The predicted molar refractivity (Wildman–Crippen MR) is 68.0 cm³/mol. The second kappa shape index (κ2) is 4.05. The Labute approximate surface area is 105 Å². The molecule has 4 heteroatoms. The van der Waals surface area contributed by atoms with Crippen molar-refractivity contribution in [2.24, 2.45) is 5.92 Å². The highest BCUT2D eigenvalue weighted by molar-refractivity contribution is 5.90. The number of aromatic nitrogens is 1. The number of carbonyl (C=O) groups is 1. The van der Waals surface area contributed by atoms with E-state index in [0.717, 1.165) is 34.3 Å². The minimum Gasteiger partial charge on any atom is -0.495 e. The number of aliphatic carboxylic acids is 1. The summed E-state index contributed by atoms with van der Waals surface area (Å²) in [6.07, 6.45) is 2.11. The van der Waals surface area contributed by atoms with Gasteiger partial charge in [-0.25, -0.2) is 0 Å².